The highest BCUT2D eigenvalue weighted by Gasteiger charge is 2.33. The zero-order valence-corrected chi connectivity index (χ0v) is 14.9. The predicted molar refractivity (Wildman–Crippen MR) is 94.6 cm³/mol. The summed E-state index contributed by atoms with van der Waals surface area (Å²) in [6.45, 7) is 2.72. The van der Waals surface area contributed by atoms with Crippen molar-refractivity contribution in [1.29, 1.82) is 0 Å². The van der Waals surface area contributed by atoms with E-state index in [0.29, 0.717) is 6.42 Å². The molecule has 1 aliphatic heterocycles. The summed E-state index contributed by atoms with van der Waals surface area (Å²) in [5.74, 6) is 0.966. The van der Waals surface area contributed by atoms with Gasteiger partial charge in [-0.25, -0.2) is 0 Å². The fraction of sp³-hybridized carbons (Fsp3) is 0.375. The normalized spacial score (nSPS) is 17.7. The van der Waals surface area contributed by atoms with Crippen molar-refractivity contribution in [3.8, 4) is 0 Å². The zero-order valence-electron chi connectivity index (χ0n) is 13.2. The van der Waals surface area contributed by atoms with Gasteiger partial charge in [0.25, 0.3) is 0 Å². The maximum atomic E-state index is 12.8. The Labute approximate surface area is 148 Å². The lowest BCUT2D eigenvalue weighted by Gasteiger charge is -2.23. The first-order chi connectivity index (χ1) is 11.6. The van der Waals surface area contributed by atoms with E-state index < -0.39 is 0 Å². The predicted octanol–water partition coefficient (Wildman–Crippen LogP) is 3.06. The quantitative estimate of drug-likeness (QED) is 0.730. The SMILES string of the molecule is Cc1[nH]c(=S)sc1CC(=O)N1CCC[C@@H]1c1nnc2ccccn12. The van der Waals surface area contributed by atoms with E-state index in [1.807, 2.05) is 40.6 Å². The highest BCUT2D eigenvalue weighted by Crippen LogP contribution is 2.32. The molecule has 0 aliphatic carbocycles. The Morgan fingerprint density at radius 3 is 3.12 bits per heavy atom. The number of hydrogen-bond acceptors (Lipinski definition) is 5. The first-order valence-corrected chi connectivity index (χ1v) is 9.13. The molecule has 0 radical (unpaired) electrons. The number of fused-ring (bicyclic) bond motifs is 1. The number of carbonyl (C=O) groups excluding carboxylic acids is 1. The summed E-state index contributed by atoms with van der Waals surface area (Å²) in [5, 5.41) is 8.55. The molecule has 124 valence electrons. The molecule has 0 bridgehead atoms. The van der Waals surface area contributed by atoms with Gasteiger partial charge in [-0.1, -0.05) is 6.07 Å². The molecule has 3 aromatic heterocycles. The van der Waals surface area contributed by atoms with E-state index >= 15 is 0 Å². The number of likely N-dealkylation sites (tertiary alicyclic amines) is 1. The highest BCUT2D eigenvalue weighted by atomic mass is 32.1. The molecular formula is C16H17N5OS2. The van der Waals surface area contributed by atoms with Crippen LogP contribution in [0.1, 0.15) is 35.3 Å². The second-order valence-corrected chi connectivity index (χ2v) is 7.74. The van der Waals surface area contributed by atoms with E-state index in [-0.39, 0.29) is 11.9 Å². The van der Waals surface area contributed by atoms with Crippen LogP contribution in [0.25, 0.3) is 5.65 Å². The van der Waals surface area contributed by atoms with Gasteiger partial charge in [0.15, 0.2) is 15.4 Å². The summed E-state index contributed by atoms with van der Waals surface area (Å²) >= 11 is 6.65. The second-order valence-electron chi connectivity index (χ2n) is 5.97. The van der Waals surface area contributed by atoms with Gasteiger partial charge in [0, 0.05) is 23.3 Å². The highest BCUT2D eigenvalue weighted by molar-refractivity contribution is 7.73. The molecule has 1 aliphatic rings. The first kappa shape index (κ1) is 15.5. The van der Waals surface area contributed by atoms with Crippen LogP contribution in [-0.4, -0.2) is 36.9 Å². The monoisotopic (exact) mass is 359 g/mol. The third kappa shape index (κ3) is 2.65. The molecule has 4 heterocycles. The van der Waals surface area contributed by atoms with Gasteiger partial charge in [0.05, 0.1) is 12.5 Å². The van der Waals surface area contributed by atoms with Crippen molar-refractivity contribution in [3.63, 3.8) is 0 Å². The van der Waals surface area contributed by atoms with Crippen LogP contribution in [0.4, 0.5) is 0 Å². The number of hydrogen-bond donors (Lipinski definition) is 1. The molecule has 8 heteroatoms. The van der Waals surface area contributed by atoms with Crippen LogP contribution >= 0.6 is 23.6 Å². The second kappa shape index (κ2) is 6.10. The lowest BCUT2D eigenvalue weighted by molar-refractivity contribution is -0.131. The first-order valence-electron chi connectivity index (χ1n) is 7.91. The average Bonchev–Trinajstić information content (AvgIpc) is 3.26. The molecule has 1 saturated heterocycles. The summed E-state index contributed by atoms with van der Waals surface area (Å²) in [6, 6.07) is 5.81. The molecule has 1 fully saturated rings. The van der Waals surface area contributed by atoms with E-state index in [1.54, 1.807) is 0 Å². The van der Waals surface area contributed by atoms with Gasteiger partial charge in [0.1, 0.15) is 0 Å². The Balaban J connectivity index is 1.61. The third-order valence-electron chi connectivity index (χ3n) is 4.45. The number of rotatable bonds is 3. The molecule has 3 aromatic rings. The number of nitrogens with one attached hydrogen (secondary N) is 1. The van der Waals surface area contributed by atoms with Crippen molar-refractivity contribution in [2.45, 2.75) is 32.2 Å². The van der Waals surface area contributed by atoms with Crippen LogP contribution < -0.4 is 0 Å². The summed E-state index contributed by atoms with van der Waals surface area (Å²) in [7, 11) is 0. The summed E-state index contributed by atoms with van der Waals surface area (Å²) < 4.78 is 2.69. The molecule has 4 rings (SSSR count). The van der Waals surface area contributed by atoms with Crippen molar-refractivity contribution < 1.29 is 4.79 Å². The van der Waals surface area contributed by atoms with Crippen LogP contribution in [-0.2, 0) is 11.2 Å². The average molecular weight is 359 g/mol. The molecule has 0 saturated carbocycles. The van der Waals surface area contributed by atoms with Crippen molar-refractivity contribution in [2.24, 2.45) is 0 Å². The Morgan fingerprint density at radius 2 is 2.33 bits per heavy atom. The van der Waals surface area contributed by atoms with Gasteiger partial charge in [0.2, 0.25) is 5.91 Å². The maximum Gasteiger partial charge on any atom is 0.228 e. The standard InChI is InChI=1S/C16H17N5OS2/c1-10-12(24-16(23)17-10)9-14(22)20-8-4-5-11(20)15-19-18-13-6-2-3-7-21(13)15/h2-3,6-7,11H,4-5,8-9H2,1H3,(H,17,23)/t11-/m1/s1. The van der Waals surface area contributed by atoms with Gasteiger partial charge in [-0.3, -0.25) is 9.20 Å². The van der Waals surface area contributed by atoms with E-state index in [1.165, 1.54) is 11.3 Å². The number of aryl methyl sites for hydroxylation is 1. The van der Waals surface area contributed by atoms with E-state index in [4.69, 9.17) is 12.2 Å². The van der Waals surface area contributed by atoms with Crippen LogP contribution in [0.15, 0.2) is 24.4 Å². The molecule has 6 nitrogen and oxygen atoms in total. The third-order valence-corrected chi connectivity index (χ3v) is 5.78. The van der Waals surface area contributed by atoms with Crippen LogP contribution in [0.5, 0.6) is 0 Å². The minimum absolute atomic E-state index is 0.0119. The minimum Gasteiger partial charge on any atom is -0.341 e. The Bertz CT molecular complexity index is 957. The van der Waals surface area contributed by atoms with Crippen molar-refractivity contribution in [3.05, 3.63) is 44.7 Å². The van der Waals surface area contributed by atoms with Gasteiger partial charge in [-0.2, -0.15) is 0 Å². The largest absolute Gasteiger partial charge is 0.341 e. The molecular weight excluding hydrogens is 342 g/mol. The van der Waals surface area contributed by atoms with Crippen molar-refractivity contribution >= 4 is 35.1 Å². The number of H-pyrrole nitrogens is 1. The van der Waals surface area contributed by atoms with E-state index in [2.05, 4.69) is 15.2 Å². The molecule has 0 spiro atoms. The number of amides is 1. The summed E-state index contributed by atoms with van der Waals surface area (Å²) in [5.41, 5.74) is 1.80. The number of pyridine rings is 1. The Morgan fingerprint density at radius 1 is 1.46 bits per heavy atom. The summed E-state index contributed by atoms with van der Waals surface area (Å²) in [6.07, 6.45) is 4.24. The van der Waals surface area contributed by atoms with Crippen LogP contribution in [0.2, 0.25) is 0 Å². The Kier molecular flexibility index (Phi) is 3.93. The fourth-order valence-electron chi connectivity index (χ4n) is 3.27. The number of aromatic amines is 1. The number of thiazole rings is 1. The minimum atomic E-state index is -0.0119. The molecule has 24 heavy (non-hydrogen) atoms. The fourth-order valence-corrected chi connectivity index (χ4v) is 4.55. The van der Waals surface area contributed by atoms with Gasteiger partial charge >= 0.3 is 0 Å². The zero-order chi connectivity index (χ0) is 16.7. The topological polar surface area (TPSA) is 66.3 Å². The van der Waals surface area contributed by atoms with E-state index in [9.17, 15) is 4.79 Å². The smallest absolute Gasteiger partial charge is 0.228 e. The van der Waals surface area contributed by atoms with Gasteiger partial charge in [-0.05, 0) is 44.1 Å². The van der Waals surface area contributed by atoms with Gasteiger partial charge < -0.3 is 9.88 Å². The molecule has 0 unspecified atom stereocenters. The number of nitrogens with zero attached hydrogens (tertiary/aromatic N) is 4. The number of carbonyl (C=O) groups is 1. The van der Waals surface area contributed by atoms with Crippen LogP contribution in [0.3, 0.4) is 0 Å². The molecule has 1 N–H and O–H groups in total. The lowest BCUT2D eigenvalue weighted by Crippen LogP contribution is -2.32. The van der Waals surface area contributed by atoms with Crippen LogP contribution in [0, 0.1) is 10.9 Å². The van der Waals surface area contributed by atoms with E-state index in [0.717, 1.165) is 45.4 Å². The number of aromatic nitrogens is 4. The molecule has 1 amide bonds. The molecule has 1 atom stereocenters. The molecule has 0 aromatic carbocycles. The Hall–Kier alpha value is -2.06. The lowest BCUT2D eigenvalue weighted by atomic mass is 10.2. The van der Waals surface area contributed by atoms with Crippen molar-refractivity contribution in [2.75, 3.05) is 6.54 Å². The van der Waals surface area contributed by atoms with Gasteiger partial charge in [-0.15, -0.1) is 21.5 Å². The summed E-state index contributed by atoms with van der Waals surface area (Å²) in [4.78, 5) is 18.9. The maximum absolute atomic E-state index is 12.8. The van der Waals surface area contributed by atoms with Crippen molar-refractivity contribution in [1.82, 2.24) is 24.5 Å².